The van der Waals surface area contributed by atoms with Gasteiger partial charge in [-0.25, -0.2) is 0 Å². The zero-order chi connectivity index (χ0) is 18.2. The lowest BCUT2D eigenvalue weighted by molar-refractivity contribution is -0.123. The molecule has 0 spiro atoms. The van der Waals surface area contributed by atoms with Crippen molar-refractivity contribution in [2.75, 3.05) is 0 Å². The minimum Gasteiger partial charge on any atom is -0.436 e. The maximum atomic E-state index is 12.5. The Bertz CT molecular complexity index is 672. The molecule has 0 aromatic carbocycles. The maximum absolute atomic E-state index is 12.5. The number of thiophene rings is 1. The van der Waals surface area contributed by atoms with Gasteiger partial charge < -0.3 is 19.7 Å². The zero-order valence-corrected chi connectivity index (χ0v) is 14.4. The standard InChI is InChI=1S/C16H18BNO6S/c1-11(20)8-12-4-2-6-15(17(22)24-12)18-16(21)13(9-23-10-19)14-5-3-7-25-14/h2-5,7,9-10,12,15,22H,6,8H2,1H3,(H,18,21)/b13-9+/t12-,15+/m1/s1. The first-order valence-corrected chi connectivity index (χ1v) is 8.53. The smallest absolute Gasteiger partial charge is 0.436 e. The molecule has 1 amide bonds. The molecule has 25 heavy (non-hydrogen) atoms. The van der Waals surface area contributed by atoms with Gasteiger partial charge in [-0.3, -0.25) is 14.4 Å². The number of nitrogens with one attached hydrogen (secondary N) is 1. The molecular weight excluding hydrogens is 345 g/mol. The number of amides is 1. The van der Waals surface area contributed by atoms with Crippen LogP contribution in [0.3, 0.4) is 0 Å². The summed E-state index contributed by atoms with van der Waals surface area (Å²) in [5.41, 5.74) is 0.169. The van der Waals surface area contributed by atoms with Crippen molar-refractivity contribution in [1.29, 1.82) is 0 Å². The number of ether oxygens (including phenoxy) is 1. The third-order valence-electron chi connectivity index (χ3n) is 3.48. The number of rotatable bonds is 7. The van der Waals surface area contributed by atoms with Crippen LogP contribution in [0.5, 0.6) is 0 Å². The van der Waals surface area contributed by atoms with Crippen molar-refractivity contribution in [2.45, 2.75) is 31.8 Å². The average molecular weight is 363 g/mol. The Hall–Kier alpha value is -2.23. The molecule has 132 valence electrons. The van der Waals surface area contributed by atoms with Crippen molar-refractivity contribution in [1.82, 2.24) is 5.32 Å². The van der Waals surface area contributed by atoms with E-state index in [-0.39, 0.29) is 24.2 Å². The summed E-state index contributed by atoms with van der Waals surface area (Å²) >= 11 is 1.31. The Labute approximate surface area is 149 Å². The number of carbonyl (C=O) groups is 3. The van der Waals surface area contributed by atoms with Gasteiger partial charge in [0, 0.05) is 11.3 Å². The van der Waals surface area contributed by atoms with Crippen LogP contribution in [-0.4, -0.2) is 42.4 Å². The van der Waals surface area contributed by atoms with E-state index in [9.17, 15) is 19.4 Å². The Kier molecular flexibility index (Phi) is 7.11. The molecular formula is C16H18BNO6S. The third-order valence-corrected chi connectivity index (χ3v) is 4.38. The van der Waals surface area contributed by atoms with Gasteiger partial charge in [0.05, 0.1) is 17.6 Å². The van der Waals surface area contributed by atoms with E-state index < -0.39 is 25.1 Å². The van der Waals surface area contributed by atoms with Crippen molar-refractivity contribution in [3.05, 3.63) is 40.8 Å². The van der Waals surface area contributed by atoms with Crippen LogP contribution in [0, 0.1) is 0 Å². The number of hydrogen-bond acceptors (Lipinski definition) is 7. The predicted octanol–water partition coefficient (Wildman–Crippen LogP) is 1.09. The van der Waals surface area contributed by atoms with Crippen LogP contribution < -0.4 is 5.32 Å². The molecule has 0 unspecified atom stereocenters. The third kappa shape index (κ3) is 5.66. The van der Waals surface area contributed by atoms with E-state index in [2.05, 4.69) is 10.1 Å². The van der Waals surface area contributed by atoms with Gasteiger partial charge in [0.15, 0.2) is 0 Å². The molecule has 1 aromatic rings. The van der Waals surface area contributed by atoms with Gasteiger partial charge in [0.1, 0.15) is 12.0 Å². The minimum absolute atomic E-state index is 0.0572. The molecule has 1 aliphatic rings. The summed E-state index contributed by atoms with van der Waals surface area (Å²) in [6, 6.07) is 3.48. The molecule has 9 heteroatoms. The normalized spacial score (nSPS) is 20.7. The van der Waals surface area contributed by atoms with Gasteiger partial charge in [0.2, 0.25) is 0 Å². The monoisotopic (exact) mass is 363 g/mol. The molecule has 0 saturated heterocycles. The van der Waals surface area contributed by atoms with Crippen molar-refractivity contribution >= 4 is 42.2 Å². The quantitative estimate of drug-likeness (QED) is 0.247. The van der Waals surface area contributed by atoms with Gasteiger partial charge in [-0.2, -0.15) is 0 Å². The summed E-state index contributed by atoms with van der Waals surface area (Å²) in [6.45, 7) is 1.67. The zero-order valence-electron chi connectivity index (χ0n) is 13.6. The molecule has 1 aromatic heterocycles. The Balaban J connectivity index is 2.06. The van der Waals surface area contributed by atoms with Crippen LogP contribution >= 0.6 is 11.3 Å². The topological polar surface area (TPSA) is 102 Å². The second-order valence-electron chi connectivity index (χ2n) is 5.46. The van der Waals surface area contributed by atoms with E-state index in [0.717, 1.165) is 6.26 Å². The molecule has 0 saturated carbocycles. The highest BCUT2D eigenvalue weighted by molar-refractivity contribution is 7.11. The van der Waals surface area contributed by atoms with Crippen LogP contribution in [0.1, 0.15) is 24.6 Å². The number of hydrogen-bond donors (Lipinski definition) is 2. The lowest BCUT2D eigenvalue weighted by Crippen LogP contribution is -2.48. The molecule has 2 heterocycles. The van der Waals surface area contributed by atoms with E-state index in [4.69, 9.17) is 4.65 Å². The summed E-state index contributed by atoms with van der Waals surface area (Å²) in [4.78, 5) is 34.8. The largest absolute Gasteiger partial charge is 0.478 e. The number of carbonyl (C=O) groups excluding carboxylic acids is 3. The van der Waals surface area contributed by atoms with Crippen LogP contribution in [0.2, 0.25) is 0 Å². The van der Waals surface area contributed by atoms with E-state index in [1.807, 2.05) is 0 Å². The number of Topliss-reactive ketones (excluding diaryl/α,β-unsaturated/α-hetero) is 1. The van der Waals surface area contributed by atoms with Gasteiger partial charge in [-0.15, -0.1) is 11.3 Å². The molecule has 2 rings (SSSR count). The molecule has 0 aliphatic carbocycles. The molecule has 2 atom stereocenters. The first-order valence-electron chi connectivity index (χ1n) is 7.65. The summed E-state index contributed by atoms with van der Waals surface area (Å²) in [5.74, 6) is -1.26. The Morgan fingerprint density at radius 2 is 2.36 bits per heavy atom. The van der Waals surface area contributed by atoms with Crippen molar-refractivity contribution in [3.63, 3.8) is 0 Å². The molecule has 7 nitrogen and oxygen atoms in total. The molecule has 0 fully saturated rings. The average Bonchev–Trinajstić information content (AvgIpc) is 3.02. The van der Waals surface area contributed by atoms with Crippen LogP contribution in [0.25, 0.3) is 5.57 Å². The SMILES string of the molecule is CC(=O)C[C@H]1C=CC[C@H](NC(=O)/C(=C/OC=O)c2cccs2)B(O)O1. The summed E-state index contributed by atoms with van der Waals surface area (Å²) < 4.78 is 10.0. The maximum Gasteiger partial charge on any atom is 0.478 e. The van der Waals surface area contributed by atoms with E-state index in [1.54, 1.807) is 29.7 Å². The highest BCUT2D eigenvalue weighted by atomic mass is 32.1. The molecule has 0 bridgehead atoms. The van der Waals surface area contributed by atoms with Gasteiger partial charge >= 0.3 is 7.12 Å². The molecule has 2 N–H and O–H groups in total. The lowest BCUT2D eigenvalue weighted by Gasteiger charge is -2.20. The fraction of sp³-hybridized carbons (Fsp3) is 0.312. The summed E-state index contributed by atoms with van der Waals surface area (Å²) in [7, 11) is -1.26. The fourth-order valence-corrected chi connectivity index (χ4v) is 3.07. The van der Waals surface area contributed by atoms with E-state index in [0.29, 0.717) is 11.3 Å². The van der Waals surface area contributed by atoms with Crippen LogP contribution in [0.4, 0.5) is 0 Å². The van der Waals surface area contributed by atoms with Crippen molar-refractivity contribution in [3.8, 4) is 0 Å². The van der Waals surface area contributed by atoms with E-state index in [1.165, 1.54) is 18.3 Å². The van der Waals surface area contributed by atoms with Gasteiger partial charge in [-0.1, -0.05) is 18.2 Å². The van der Waals surface area contributed by atoms with Crippen LogP contribution in [-0.2, 0) is 23.8 Å². The van der Waals surface area contributed by atoms with Crippen molar-refractivity contribution < 1.29 is 28.8 Å². The van der Waals surface area contributed by atoms with Gasteiger partial charge in [-0.05, 0) is 24.8 Å². The highest BCUT2D eigenvalue weighted by Crippen LogP contribution is 2.21. The second-order valence-corrected chi connectivity index (χ2v) is 6.40. The second kappa shape index (κ2) is 9.31. The van der Waals surface area contributed by atoms with Crippen LogP contribution in [0.15, 0.2) is 35.9 Å². The molecule has 0 radical (unpaired) electrons. The number of ketones is 1. The molecule has 1 aliphatic heterocycles. The Morgan fingerprint density at radius 3 is 3.00 bits per heavy atom. The fourth-order valence-electron chi connectivity index (χ4n) is 2.34. The first-order chi connectivity index (χ1) is 12.0. The highest BCUT2D eigenvalue weighted by Gasteiger charge is 2.33. The minimum atomic E-state index is -1.26. The first kappa shape index (κ1) is 19.1. The summed E-state index contributed by atoms with van der Waals surface area (Å²) in [6.07, 6.45) is 4.48. The summed E-state index contributed by atoms with van der Waals surface area (Å²) in [5, 5.41) is 14.6. The van der Waals surface area contributed by atoms with Crippen molar-refractivity contribution in [2.24, 2.45) is 0 Å². The lowest BCUT2D eigenvalue weighted by atomic mass is 9.77. The predicted molar refractivity (Wildman–Crippen MR) is 93.3 cm³/mol. The Morgan fingerprint density at radius 1 is 1.56 bits per heavy atom. The van der Waals surface area contributed by atoms with Gasteiger partial charge in [0.25, 0.3) is 12.4 Å². The van der Waals surface area contributed by atoms with E-state index >= 15 is 0 Å².